The second-order valence-corrected chi connectivity index (χ2v) is 5.83. The van der Waals surface area contributed by atoms with Crippen LogP contribution >= 0.6 is 0 Å². The van der Waals surface area contributed by atoms with Gasteiger partial charge >= 0.3 is 0 Å². The Hall–Kier alpha value is -2.80. The summed E-state index contributed by atoms with van der Waals surface area (Å²) in [6, 6.07) is 19.1. The highest BCUT2D eigenvalue weighted by atomic mass is 16.5. The molecule has 0 spiro atoms. The Morgan fingerprint density at radius 3 is 2.62 bits per heavy atom. The maximum absolute atomic E-state index is 12.2. The largest absolute Gasteiger partial charge is 0.481 e. The Bertz CT molecular complexity index is 707. The van der Waals surface area contributed by atoms with E-state index < -0.39 is 6.10 Å². The van der Waals surface area contributed by atoms with Gasteiger partial charge < -0.3 is 10.1 Å². The van der Waals surface area contributed by atoms with Gasteiger partial charge in [-0.25, -0.2) is 0 Å². The zero-order valence-corrected chi connectivity index (χ0v) is 14.0. The van der Waals surface area contributed by atoms with Crippen LogP contribution in [0.2, 0.25) is 0 Å². The fourth-order valence-corrected chi connectivity index (χ4v) is 2.36. The highest BCUT2D eigenvalue weighted by Gasteiger charge is 2.17. The number of hydrogen-bond donors (Lipinski definition) is 1. The summed E-state index contributed by atoms with van der Waals surface area (Å²) in [4.78, 5) is 12.2. The lowest BCUT2D eigenvalue weighted by atomic mass is 10.1. The van der Waals surface area contributed by atoms with E-state index in [2.05, 4.69) is 23.5 Å². The van der Waals surface area contributed by atoms with Crippen molar-refractivity contribution in [1.29, 1.82) is 5.26 Å². The molecule has 2 aromatic rings. The summed E-state index contributed by atoms with van der Waals surface area (Å²) < 4.78 is 5.62. The van der Waals surface area contributed by atoms with Crippen LogP contribution in [0.5, 0.6) is 5.75 Å². The van der Waals surface area contributed by atoms with E-state index in [0.29, 0.717) is 11.3 Å². The van der Waals surface area contributed by atoms with Gasteiger partial charge in [-0.3, -0.25) is 4.79 Å². The third-order valence-corrected chi connectivity index (χ3v) is 3.74. The van der Waals surface area contributed by atoms with E-state index in [1.807, 2.05) is 25.1 Å². The van der Waals surface area contributed by atoms with Crippen LogP contribution in [0.3, 0.4) is 0 Å². The summed E-state index contributed by atoms with van der Waals surface area (Å²) in [6.07, 6.45) is 1.17. The Kier molecular flexibility index (Phi) is 6.39. The van der Waals surface area contributed by atoms with Gasteiger partial charge in [-0.2, -0.15) is 5.26 Å². The number of aryl methyl sites for hydroxylation is 1. The molecule has 124 valence electrons. The van der Waals surface area contributed by atoms with Gasteiger partial charge in [-0.1, -0.05) is 36.4 Å². The molecule has 2 aromatic carbocycles. The molecule has 0 unspecified atom stereocenters. The Balaban J connectivity index is 1.81. The molecule has 0 saturated heterocycles. The number of rotatable bonds is 7. The first-order valence-corrected chi connectivity index (χ1v) is 8.09. The summed E-state index contributed by atoms with van der Waals surface area (Å²) in [5, 5.41) is 11.9. The maximum Gasteiger partial charge on any atom is 0.260 e. The van der Waals surface area contributed by atoms with Crippen molar-refractivity contribution in [2.24, 2.45) is 0 Å². The molecule has 0 radical (unpaired) electrons. The Morgan fingerprint density at radius 1 is 1.17 bits per heavy atom. The molecule has 0 aliphatic heterocycles. The van der Waals surface area contributed by atoms with Crippen molar-refractivity contribution in [2.75, 3.05) is 0 Å². The van der Waals surface area contributed by atoms with Crippen LogP contribution < -0.4 is 10.1 Å². The molecule has 0 saturated carbocycles. The van der Waals surface area contributed by atoms with Gasteiger partial charge in [-0.05, 0) is 50.5 Å². The number of carbonyl (C=O) groups excluding carboxylic acids is 1. The fraction of sp³-hybridized carbons (Fsp3) is 0.300. The molecule has 24 heavy (non-hydrogen) atoms. The van der Waals surface area contributed by atoms with Gasteiger partial charge in [0.15, 0.2) is 6.10 Å². The minimum absolute atomic E-state index is 0.0641. The molecule has 4 heteroatoms. The topological polar surface area (TPSA) is 62.1 Å². The number of hydrogen-bond acceptors (Lipinski definition) is 3. The van der Waals surface area contributed by atoms with Crippen molar-refractivity contribution in [2.45, 2.75) is 38.8 Å². The average molecular weight is 322 g/mol. The molecule has 0 aliphatic rings. The normalized spacial score (nSPS) is 12.7. The summed E-state index contributed by atoms with van der Waals surface area (Å²) >= 11 is 0. The van der Waals surface area contributed by atoms with Crippen LogP contribution in [0.4, 0.5) is 0 Å². The number of amides is 1. The quantitative estimate of drug-likeness (QED) is 0.849. The summed E-state index contributed by atoms with van der Waals surface area (Å²) in [7, 11) is 0. The molecule has 0 fully saturated rings. The lowest BCUT2D eigenvalue weighted by Crippen LogP contribution is -2.41. The fourth-order valence-electron chi connectivity index (χ4n) is 2.36. The molecule has 0 heterocycles. The lowest BCUT2D eigenvalue weighted by molar-refractivity contribution is -0.127. The molecule has 2 atom stereocenters. The molecule has 0 aromatic heterocycles. The van der Waals surface area contributed by atoms with Crippen LogP contribution in [-0.2, 0) is 11.2 Å². The highest BCUT2D eigenvalue weighted by Crippen LogP contribution is 2.14. The first-order chi connectivity index (χ1) is 11.6. The zero-order valence-electron chi connectivity index (χ0n) is 14.0. The third kappa shape index (κ3) is 5.44. The van der Waals surface area contributed by atoms with Crippen LogP contribution in [0.15, 0.2) is 54.6 Å². The first-order valence-electron chi connectivity index (χ1n) is 8.09. The van der Waals surface area contributed by atoms with Gasteiger partial charge in [-0.15, -0.1) is 0 Å². The molecular weight excluding hydrogens is 300 g/mol. The number of carbonyl (C=O) groups is 1. The third-order valence-electron chi connectivity index (χ3n) is 3.74. The minimum atomic E-state index is -0.613. The Labute approximate surface area is 143 Å². The van der Waals surface area contributed by atoms with E-state index in [9.17, 15) is 4.79 Å². The van der Waals surface area contributed by atoms with E-state index >= 15 is 0 Å². The molecule has 1 N–H and O–H groups in total. The zero-order chi connectivity index (χ0) is 17.4. The minimum Gasteiger partial charge on any atom is -0.481 e. The number of nitrogens with zero attached hydrogens (tertiary/aromatic N) is 1. The van der Waals surface area contributed by atoms with E-state index in [4.69, 9.17) is 10.00 Å². The van der Waals surface area contributed by atoms with Gasteiger partial charge in [0.05, 0.1) is 11.6 Å². The van der Waals surface area contributed by atoms with Crippen LogP contribution in [0.1, 0.15) is 31.4 Å². The SMILES string of the molecule is C[C@H](CCc1ccccc1)NC(=O)[C@H](C)Oc1cccc(C#N)c1. The maximum atomic E-state index is 12.2. The monoisotopic (exact) mass is 322 g/mol. The van der Waals surface area contributed by atoms with Gasteiger partial charge in [0, 0.05) is 6.04 Å². The molecule has 0 bridgehead atoms. The molecule has 2 rings (SSSR count). The molecule has 1 amide bonds. The second kappa shape index (κ2) is 8.73. The summed E-state index contributed by atoms with van der Waals surface area (Å²) in [5.41, 5.74) is 1.77. The van der Waals surface area contributed by atoms with Crippen molar-refractivity contribution in [3.63, 3.8) is 0 Å². The van der Waals surface area contributed by atoms with Gasteiger partial charge in [0.2, 0.25) is 0 Å². The van der Waals surface area contributed by atoms with Crippen LogP contribution in [0.25, 0.3) is 0 Å². The first kappa shape index (κ1) is 17.6. The van der Waals surface area contributed by atoms with E-state index in [-0.39, 0.29) is 11.9 Å². The van der Waals surface area contributed by atoms with E-state index in [0.717, 1.165) is 12.8 Å². The van der Waals surface area contributed by atoms with E-state index in [1.54, 1.807) is 31.2 Å². The van der Waals surface area contributed by atoms with Crippen molar-refractivity contribution in [3.8, 4) is 11.8 Å². The second-order valence-electron chi connectivity index (χ2n) is 5.83. The molecule has 0 aliphatic carbocycles. The van der Waals surface area contributed by atoms with Crippen molar-refractivity contribution in [1.82, 2.24) is 5.32 Å². The van der Waals surface area contributed by atoms with E-state index in [1.165, 1.54) is 5.56 Å². The Morgan fingerprint density at radius 2 is 1.92 bits per heavy atom. The predicted molar refractivity (Wildman–Crippen MR) is 93.6 cm³/mol. The lowest BCUT2D eigenvalue weighted by Gasteiger charge is -2.19. The van der Waals surface area contributed by atoms with Crippen LogP contribution in [-0.4, -0.2) is 18.1 Å². The standard InChI is InChI=1S/C20H22N2O2/c1-15(11-12-17-7-4-3-5-8-17)22-20(23)16(2)24-19-10-6-9-18(13-19)14-21/h3-10,13,15-16H,11-12H2,1-2H3,(H,22,23)/t15-,16+/m1/s1. The smallest absolute Gasteiger partial charge is 0.260 e. The van der Waals surface area contributed by atoms with Gasteiger partial charge in [0.1, 0.15) is 5.75 Å². The summed E-state index contributed by atoms with van der Waals surface area (Å²) in [6.45, 7) is 3.70. The van der Waals surface area contributed by atoms with Crippen LogP contribution in [0, 0.1) is 11.3 Å². The molecular formula is C20H22N2O2. The molecule has 4 nitrogen and oxygen atoms in total. The number of benzene rings is 2. The predicted octanol–water partition coefficient (Wildman–Crippen LogP) is 3.46. The van der Waals surface area contributed by atoms with Crippen molar-refractivity contribution in [3.05, 3.63) is 65.7 Å². The summed E-state index contributed by atoms with van der Waals surface area (Å²) in [5.74, 6) is 0.367. The van der Waals surface area contributed by atoms with Gasteiger partial charge in [0.25, 0.3) is 5.91 Å². The number of nitrogens with one attached hydrogen (secondary N) is 1. The highest BCUT2D eigenvalue weighted by molar-refractivity contribution is 5.81. The number of ether oxygens (including phenoxy) is 1. The number of nitriles is 1. The average Bonchev–Trinajstić information content (AvgIpc) is 2.61. The van der Waals surface area contributed by atoms with Crippen molar-refractivity contribution < 1.29 is 9.53 Å². The van der Waals surface area contributed by atoms with Crippen molar-refractivity contribution >= 4 is 5.91 Å².